The molecule has 3 amide bonds. The molecule has 1 aliphatic heterocycles. The Morgan fingerprint density at radius 1 is 1.29 bits per heavy atom. The van der Waals surface area contributed by atoms with Crippen LogP contribution in [0.1, 0.15) is 33.6 Å². The summed E-state index contributed by atoms with van der Waals surface area (Å²) in [6.45, 7) is 0.105. The quantitative estimate of drug-likeness (QED) is 0.488. The summed E-state index contributed by atoms with van der Waals surface area (Å²) in [6, 6.07) is 3.58. The van der Waals surface area contributed by atoms with Crippen LogP contribution in [0.2, 0.25) is 0 Å². The van der Waals surface area contributed by atoms with Crippen LogP contribution in [0.4, 0.5) is 5.69 Å². The van der Waals surface area contributed by atoms with E-state index < -0.39 is 16.7 Å². The summed E-state index contributed by atoms with van der Waals surface area (Å²) in [5.41, 5.74) is -0.0400. The lowest BCUT2D eigenvalue weighted by Gasteiger charge is -2.12. The number of hydrogen-bond acceptors (Lipinski definition) is 5. The number of hydrogen-bond donors (Lipinski definition) is 1. The summed E-state index contributed by atoms with van der Waals surface area (Å²) < 4.78 is 0. The van der Waals surface area contributed by atoms with E-state index in [4.69, 9.17) is 0 Å². The van der Waals surface area contributed by atoms with Gasteiger partial charge in [0.2, 0.25) is 5.91 Å². The summed E-state index contributed by atoms with van der Waals surface area (Å²) in [5, 5.41) is 13.1. The number of non-ortho nitro benzene ring substituents is 1. The van der Waals surface area contributed by atoms with Gasteiger partial charge in [-0.2, -0.15) is 0 Å². The fraction of sp³-hybridized carbons (Fsp3) is 0.308. The second-order valence-corrected chi connectivity index (χ2v) is 4.53. The highest BCUT2D eigenvalue weighted by Crippen LogP contribution is 2.26. The first kappa shape index (κ1) is 14.6. The van der Waals surface area contributed by atoms with Crippen LogP contribution in [0.5, 0.6) is 0 Å². The average molecular weight is 291 g/mol. The van der Waals surface area contributed by atoms with Crippen LogP contribution in [-0.4, -0.2) is 41.1 Å². The maximum absolute atomic E-state index is 12.1. The molecule has 0 aliphatic carbocycles. The average Bonchev–Trinajstić information content (AvgIpc) is 2.71. The summed E-state index contributed by atoms with van der Waals surface area (Å²) in [6.07, 6.45) is 0.539. The van der Waals surface area contributed by atoms with Crippen molar-refractivity contribution in [2.45, 2.75) is 12.8 Å². The van der Waals surface area contributed by atoms with Crippen molar-refractivity contribution >= 4 is 23.4 Å². The Labute approximate surface area is 119 Å². The lowest BCUT2D eigenvalue weighted by Crippen LogP contribution is -2.31. The summed E-state index contributed by atoms with van der Waals surface area (Å²) >= 11 is 0. The molecule has 1 aliphatic rings. The standard InChI is InChI=1S/C13H13N3O5/c1-14-11(17)3-2-6-15-12(18)9-5-4-8(16(20)21)7-10(9)13(15)19/h4-5,7H,2-3,6H2,1H3,(H,14,17). The maximum atomic E-state index is 12.1. The minimum Gasteiger partial charge on any atom is -0.359 e. The molecule has 0 radical (unpaired) electrons. The minimum atomic E-state index is -0.619. The molecular formula is C13H13N3O5. The Morgan fingerprint density at radius 2 is 1.95 bits per heavy atom. The number of nitro groups is 1. The second-order valence-electron chi connectivity index (χ2n) is 4.53. The van der Waals surface area contributed by atoms with Gasteiger partial charge in [0.25, 0.3) is 17.5 Å². The van der Waals surface area contributed by atoms with Gasteiger partial charge in [-0.25, -0.2) is 0 Å². The number of nitrogens with zero attached hydrogens (tertiary/aromatic N) is 2. The van der Waals surface area contributed by atoms with E-state index in [1.807, 2.05) is 0 Å². The summed E-state index contributed by atoms with van der Waals surface area (Å²) in [7, 11) is 1.50. The molecule has 0 bridgehead atoms. The number of amides is 3. The normalized spacial score (nSPS) is 13.3. The first-order valence-corrected chi connectivity index (χ1v) is 6.31. The third-order valence-electron chi connectivity index (χ3n) is 3.23. The van der Waals surface area contributed by atoms with Crippen LogP contribution < -0.4 is 5.32 Å². The van der Waals surface area contributed by atoms with Crippen molar-refractivity contribution in [2.75, 3.05) is 13.6 Å². The van der Waals surface area contributed by atoms with Crippen LogP contribution in [0.25, 0.3) is 0 Å². The van der Waals surface area contributed by atoms with E-state index in [1.165, 1.54) is 19.2 Å². The minimum absolute atomic E-state index is 0.0362. The first-order valence-electron chi connectivity index (χ1n) is 6.31. The number of nitro benzene ring substituents is 1. The van der Waals surface area contributed by atoms with Gasteiger partial charge in [0.05, 0.1) is 16.1 Å². The molecule has 1 N–H and O–H groups in total. The van der Waals surface area contributed by atoms with Crippen molar-refractivity contribution in [3.63, 3.8) is 0 Å². The monoisotopic (exact) mass is 291 g/mol. The molecule has 0 atom stereocenters. The van der Waals surface area contributed by atoms with Crippen molar-refractivity contribution < 1.29 is 19.3 Å². The zero-order chi connectivity index (χ0) is 15.6. The van der Waals surface area contributed by atoms with Gasteiger partial charge in [-0.1, -0.05) is 0 Å². The summed E-state index contributed by atoms with van der Waals surface area (Å²) in [5.74, 6) is -1.22. The molecule has 8 nitrogen and oxygen atoms in total. The molecule has 0 spiro atoms. The number of rotatable bonds is 5. The van der Waals surface area contributed by atoms with E-state index in [1.54, 1.807) is 0 Å². The Balaban J connectivity index is 2.14. The van der Waals surface area contributed by atoms with Crippen LogP contribution in [0.3, 0.4) is 0 Å². The topological polar surface area (TPSA) is 110 Å². The van der Waals surface area contributed by atoms with Gasteiger partial charge in [-0.3, -0.25) is 29.4 Å². The smallest absolute Gasteiger partial charge is 0.270 e. The van der Waals surface area contributed by atoms with Gasteiger partial charge < -0.3 is 5.32 Å². The van der Waals surface area contributed by atoms with E-state index in [-0.39, 0.29) is 35.7 Å². The van der Waals surface area contributed by atoms with Crippen molar-refractivity contribution in [2.24, 2.45) is 0 Å². The largest absolute Gasteiger partial charge is 0.359 e. The maximum Gasteiger partial charge on any atom is 0.270 e. The molecular weight excluding hydrogens is 278 g/mol. The Morgan fingerprint density at radius 3 is 2.57 bits per heavy atom. The van der Waals surface area contributed by atoms with Gasteiger partial charge in [-0.15, -0.1) is 0 Å². The number of imide groups is 1. The van der Waals surface area contributed by atoms with Gasteiger partial charge >= 0.3 is 0 Å². The fourth-order valence-electron chi connectivity index (χ4n) is 2.12. The van der Waals surface area contributed by atoms with Gasteiger partial charge in [-0.05, 0) is 12.5 Å². The highest BCUT2D eigenvalue weighted by molar-refractivity contribution is 6.21. The molecule has 0 aromatic heterocycles. The molecule has 1 aromatic carbocycles. The molecule has 0 saturated carbocycles. The second kappa shape index (κ2) is 5.70. The molecule has 21 heavy (non-hydrogen) atoms. The van der Waals surface area contributed by atoms with Crippen LogP contribution in [0.15, 0.2) is 18.2 Å². The highest BCUT2D eigenvalue weighted by Gasteiger charge is 2.36. The summed E-state index contributed by atoms with van der Waals surface area (Å²) in [4.78, 5) is 46.4. The highest BCUT2D eigenvalue weighted by atomic mass is 16.6. The van der Waals surface area contributed by atoms with Crippen molar-refractivity contribution in [3.8, 4) is 0 Å². The third-order valence-corrected chi connectivity index (χ3v) is 3.23. The Kier molecular flexibility index (Phi) is 3.97. The lowest BCUT2D eigenvalue weighted by molar-refractivity contribution is -0.384. The number of nitrogens with one attached hydrogen (secondary N) is 1. The van der Waals surface area contributed by atoms with E-state index in [0.29, 0.717) is 6.42 Å². The molecule has 1 heterocycles. The molecule has 110 valence electrons. The lowest BCUT2D eigenvalue weighted by atomic mass is 10.1. The number of benzene rings is 1. The molecule has 0 saturated heterocycles. The molecule has 0 fully saturated rings. The molecule has 8 heteroatoms. The molecule has 1 aromatic rings. The molecule has 2 rings (SSSR count). The van der Waals surface area contributed by atoms with Gasteiger partial charge in [0, 0.05) is 32.1 Å². The first-order chi connectivity index (χ1) is 9.95. The van der Waals surface area contributed by atoms with E-state index in [2.05, 4.69) is 5.32 Å². The van der Waals surface area contributed by atoms with Gasteiger partial charge in [0.1, 0.15) is 0 Å². The molecule has 0 unspecified atom stereocenters. The van der Waals surface area contributed by atoms with E-state index in [0.717, 1.165) is 11.0 Å². The third kappa shape index (κ3) is 2.73. The van der Waals surface area contributed by atoms with Crippen LogP contribution >= 0.6 is 0 Å². The van der Waals surface area contributed by atoms with Crippen molar-refractivity contribution in [3.05, 3.63) is 39.4 Å². The predicted molar refractivity (Wildman–Crippen MR) is 71.8 cm³/mol. The van der Waals surface area contributed by atoms with Crippen molar-refractivity contribution in [1.29, 1.82) is 0 Å². The fourth-order valence-corrected chi connectivity index (χ4v) is 2.12. The van der Waals surface area contributed by atoms with E-state index in [9.17, 15) is 24.5 Å². The van der Waals surface area contributed by atoms with Crippen LogP contribution in [-0.2, 0) is 4.79 Å². The number of fused-ring (bicyclic) bond motifs is 1. The SMILES string of the molecule is CNC(=O)CCCN1C(=O)c2ccc([N+](=O)[O-])cc2C1=O. The zero-order valence-electron chi connectivity index (χ0n) is 11.3. The Bertz CT molecular complexity index is 641. The van der Waals surface area contributed by atoms with E-state index >= 15 is 0 Å². The zero-order valence-corrected chi connectivity index (χ0v) is 11.3. The predicted octanol–water partition coefficient (Wildman–Crippen LogP) is 0.717. The number of carbonyl (C=O) groups is 3. The van der Waals surface area contributed by atoms with Gasteiger partial charge in [0.15, 0.2) is 0 Å². The number of carbonyl (C=O) groups excluding carboxylic acids is 3. The Hall–Kier alpha value is -2.77. The van der Waals surface area contributed by atoms with Crippen LogP contribution in [0, 0.1) is 10.1 Å². The van der Waals surface area contributed by atoms with Crippen molar-refractivity contribution in [1.82, 2.24) is 10.2 Å².